The number of thioether (sulfide) groups is 1. The van der Waals surface area contributed by atoms with Crippen molar-refractivity contribution in [3.05, 3.63) is 0 Å². The van der Waals surface area contributed by atoms with E-state index < -0.39 is 0 Å². The zero-order chi connectivity index (χ0) is 5.28. The maximum absolute atomic E-state index is 4.81. The largest absolute Gasteiger partial charge is 0.303 e. The Hall–Kier alpha value is 0.200. The molecule has 0 amide bonds. The molecule has 1 heterocycles. The highest BCUT2D eigenvalue weighted by Gasteiger charge is 2.09. The normalized spacial score (nSPS) is 22.7. The summed E-state index contributed by atoms with van der Waals surface area (Å²) >= 11 is 6.46. The average Bonchev–Trinajstić information content (AvgIpc) is 1.87. The number of hydrazine groups is 1. The van der Waals surface area contributed by atoms with Gasteiger partial charge < -0.3 is 5.43 Å². The third-order valence-corrected chi connectivity index (χ3v) is 1.99. The van der Waals surface area contributed by atoms with E-state index in [2.05, 4.69) is 5.43 Å². The van der Waals surface area contributed by atoms with Crippen LogP contribution in [0.3, 0.4) is 0 Å². The second-order valence-corrected chi connectivity index (χ2v) is 2.99. The molecule has 0 radical (unpaired) electrons. The zero-order valence-corrected chi connectivity index (χ0v) is 5.60. The average molecular weight is 134 g/mol. The smallest absolute Gasteiger partial charge is 0.149 e. The monoisotopic (exact) mass is 134 g/mol. The van der Waals surface area contributed by atoms with Gasteiger partial charge in [-0.15, -0.1) is 0 Å². The lowest BCUT2D eigenvalue weighted by Gasteiger charge is -2.02. The number of thiocarbonyl (C=S) groups is 1. The minimum atomic E-state index is 0.877. The highest BCUT2D eigenvalue weighted by atomic mass is 32.2. The molecule has 0 aromatic rings. The van der Waals surface area contributed by atoms with Gasteiger partial charge in [0.05, 0.1) is 5.88 Å². The second-order valence-electron chi connectivity index (χ2n) is 1.37. The Morgan fingerprint density at radius 2 is 2.71 bits per heavy atom. The molecule has 0 bridgehead atoms. The van der Waals surface area contributed by atoms with Gasteiger partial charge in [-0.3, -0.25) is 0 Å². The molecule has 0 unspecified atom stereocenters. The Morgan fingerprint density at radius 1 is 2.00 bits per heavy atom. The summed E-state index contributed by atoms with van der Waals surface area (Å²) in [7, 11) is 1.96. The molecule has 0 spiro atoms. The van der Waals surface area contributed by atoms with Gasteiger partial charge in [-0.2, -0.15) is 0 Å². The van der Waals surface area contributed by atoms with E-state index >= 15 is 0 Å². The lowest BCUT2D eigenvalue weighted by Crippen LogP contribution is -2.27. The molecule has 2 nitrogen and oxygen atoms in total. The molecular weight excluding hydrogens is 128 g/mol. The number of nitrogens with zero attached hydrogens (tertiary/aromatic N) is 1. The van der Waals surface area contributed by atoms with Crippen LogP contribution in [0.15, 0.2) is 0 Å². The van der Waals surface area contributed by atoms with Crippen molar-refractivity contribution < 1.29 is 0 Å². The van der Waals surface area contributed by atoms with Crippen LogP contribution in [-0.2, 0) is 0 Å². The van der Waals surface area contributed by atoms with Crippen molar-refractivity contribution >= 4 is 28.3 Å². The Kier molecular flexibility index (Phi) is 1.51. The summed E-state index contributed by atoms with van der Waals surface area (Å²) < 4.78 is 0.877. The van der Waals surface area contributed by atoms with E-state index in [1.165, 1.54) is 0 Å². The van der Waals surface area contributed by atoms with Crippen LogP contribution < -0.4 is 5.43 Å². The van der Waals surface area contributed by atoms with E-state index in [1.807, 2.05) is 12.1 Å². The van der Waals surface area contributed by atoms with Crippen LogP contribution in [0.5, 0.6) is 0 Å². The molecule has 1 fully saturated rings. The van der Waals surface area contributed by atoms with Crippen LogP contribution in [-0.4, -0.2) is 22.3 Å². The molecule has 0 aromatic heterocycles. The lowest BCUT2D eigenvalue weighted by atomic mass is 11.1. The quantitative estimate of drug-likeness (QED) is 0.482. The molecule has 7 heavy (non-hydrogen) atoms. The fourth-order valence-electron chi connectivity index (χ4n) is 0.376. The highest BCUT2D eigenvalue weighted by molar-refractivity contribution is 8.23. The third kappa shape index (κ3) is 1.29. The molecule has 0 saturated carbocycles. The summed E-state index contributed by atoms with van der Waals surface area (Å²) in [6, 6.07) is 0. The molecule has 1 rings (SSSR count). The molecule has 1 aliphatic rings. The summed E-state index contributed by atoms with van der Waals surface area (Å²) in [5.41, 5.74) is 2.94. The van der Waals surface area contributed by atoms with E-state index in [4.69, 9.17) is 12.2 Å². The Labute approximate surface area is 52.2 Å². The molecular formula is C3H6N2S2. The van der Waals surface area contributed by atoms with Gasteiger partial charge in [0.25, 0.3) is 0 Å². The number of hydrogen-bond acceptors (Lipinski definition) is 3. The van der Waals surface area contributed by atoms with E-state index in [1.54, 1.807) is 11.8 Å². The maximum atomic E-state index is 4.81. The van der Waals surface area contributed by atoms with E-state index in [9.17, 15) is 0 Å². The van der Waals surface area contributed by atoms with E-state index in [0.29, 0.717) is 0 Å². The molecule has 1 N–H and O–H groups in total. The van der Waals surface area contributed by atoms with Gasteiger partial charge in [0.15, 0.2) is 0 Å². The minimum Gasteiger partial charge on any atom is -0.303 e. The predicted molar refractivity (Wildman–Crippen MR) is 36.0 cm³/mol. The van der Waals surface area contributed by atoms with Crippen molar-refractivity contribution in [2.24, 2.45) is 0 Å². The topological polar surface area (TPSA) is 15.3 Å². The predicted octanol–water partition coefficient (Wildman–Crippen LogP) is 0.412. The number of hydrogen-bond donors (Lipinski definition) is 1. The van der Waals surface area contributed by atoms with Crippen LogP contribution in [0.4, 0.5) is 0 Å². The van der Waals surface area contributed by atoms with Gasteiger partial charge >= 0.3 is 0 Å². The Bertz CT molecular complexity index is 92.9. The second kappa shape index (κ2) is 1.98. The van der Waals surface area contributed by atoms with Crippen LogP contribution in [0.25, 0.3) is 0 Å². The van der Waals surface area contributed by atoms with Gasteiger partial charge in [-0.1, -0.05) is 24.0 Å². The summed E-state index contributed by atoms with van der Waals surface area (Å²) in [5.74, 6) is 0.971. The maximum Gasteiger partial charge on any atom is 0.149 e. The first-order chi connectivity index (χ1) is 3.29. The van der Waals surface area contributed by atoms with E-state index in [0.717, 1.165) is 10.2 Å². The summed E-state index contributed by atoms with van der Waals surface area (Å²) in [6.45, 7) is 0. The van der Waals surface area contributed by atoms with Crippen molar-refractivity contribution in [1.82, 2.24) is 10.4 Å². The van der Waals surface area contributed by atoms with Crippen molar-refractivity contribution in [1.29, 1.82) is 0 Å². The van der Waals surface area contributed by atoms with Crippen molar-refractivity contribution in [3.63, 3.8) is 0 Å². The molecule has 0 atom stereocenters. The van der Waals surface area contributed by atoms with Crippen LogP contribution in [0, 0.1) is 0 Å². The molecule has 40 valence electrons. The van der Waals surface area contributed by atoms with Crippen LogP contribution >= 0.6 is 24.0 Å². The Balaban J connectivity index is 2.40. The van der Waals surface area contributed by atoms with Crippen molar-refractivity contribution in [3.8, 4) is 0 Å². The first-order valence-electron chi connectivity index (χ1n) is 1.93. The lowest BCUT2D eigenvalue weighted by molar-refractivity contribution is 0.363. The SMILES string of the molecule is CN1CSC(=S)N1. The molecule has 0 aliphatic carbocycles. The molecule has 4 heteroatoms. The minimum absolute atomic E-state index is 0.877. The van der Waals surface area contributed by atoms with E-state index in [-0.39, 0.29) is 0 Å². The zero-order valence-electron chi connectivity index (χ0n) is 3.97. The van der Waals surface area contributed by atoms with Gasteiger partial charge in [0.2, 0.25) is 0 Å². The number of nitrogens with one attached hydrogen (secondary N) is 1. The van der Waals surface area contributed by atoms with Crippen LogP contribution in [0.1, 0.15) is 0 Å². The van der Waals surface area contributed by atoms with Crippen LogP contribution in [0.2, 0.25) is 0 Å². The van der Waals surface area contributed by atoms with Crippen molar-refractivity contribution in [2.75, 3.05) is 12.9 Å². The van der Waals surface area contributed by atoms with Gasteiger partial charge in [0, 0.05) is 7.05 Å². The van der Waals surface area contributed by atoms with Gasteiger partial charge in [-0.25, -0.2) is 5.01 Å². The molecule has 0 aromatic carbocycles. The molecule has 1 saturated heterocycles. The summed E-state index contributed by atoms with van der Waals surface area (Å²) in [6.07, 6.45) is 0. The first-order valence-corrected chi connectivity index (χ1v) is 3.33. The fourth-order valence-corrected chi connectivity index (χ4v) is 1.29. The Morgan fingerprint density at radius 3 is 2.86 bits per heavy atom. The number of rotatable bonds is 0. The third-order valence-electron chi connectivity index (χ3n) is 0.671. The fraction of sp³-hybridized carbons (Fsp3) is 0.667. The first kappa shape index (κ1) is 5.34. The van der Waals surface area contributed by atoms with Gasteiger partial charge in [-0.05, 0) is 0 Å². The summed E-state index contributed by atoms with van der Waals surface area (Å²) in [4.78, 5) is 0. The molecule has 1 aliphatic heterocycles. The summed E-state index contributed by atoms with van der Waals surface area (Å²) in [5, 5.41) is 1.95. The van der Waals surface area contributed by atoms with Crippen molar-refractivity contribution in [2.45, 2.75) is 0 Å². The highest BCUT2D eigenvalue weighted by Crippen LogP contribution is 2.09. The standard InChI is InChI=1S/C3H6N2S2/c1-5-2-7-3(6)4-5/h2H2,1H3,(H,4,6). The van der Waals surface area contributed by atoms with Gasteiger partial charge in [0.1, 0.15) is 4.32 Å².